The number of hydrazine groups is 2. The molecule has 0 saturated heterocycles. The van der Waals surface area contributed by atoms with Gasteiger partial charge in [0.1, 0.15) is 0 Å². The van der Waals surface area contributed by atoms with E-state index in [-0.39, 0.29) is 17.7 Å². The average Bonchev–Trinajstić information content (AvgIpc) is 2.76. The summed E-state index contributed by atoms with van der Waals surface area (Å²) in [6, 6.07) is 0. The third-order valence-electron chi connectivity index (χ3n) is 2.35. The Kier molecular flexibility index (Phi) is 2.03. The Hall–Kier alpha value is -1.14. The van der Waals surface area contributed by atoms with Crippen molar-refractivity contribution in [3.63, 3.8) is 0 Å². The predicted octanol–water partition coefficient (Wildman–Crippen LogP) is -2.01. The molecule has 1 saturated carbocycles. The van der Waals surface area contributed by atoms with Crippen LogP contribution in [0.4, 0.5) is 0 Å². The SMILES string of the molecule is C[C@]1(C(=O)NN)C[C@@H]1C(=O)NN. The predicted molar refractivity (Wildman–Crippen MR) is 40.9 cm³/mol. The number of nitrogens with one attached hydrogen (secondary N) is 2. The third-order valence-corrected chi connectivity index (χ3v) is 2.35. The summed E-state index contributed by atoms with van der Waals surface area (Å²) in [6.07, 6.45) is 0.499. The van der Waals surface area contributed by atoms with E-state index >= 15 is 0 Å². The van der Waals surface area contributed by atoms with Crippen molar-refractivity contribution in [3.8, 4) is 0 Å². The summed E-state index contributed by atoms with van der Waals surface area (Å²) < 4.78 is 0. The van der Waals surface area contributed by atoms with E-state index in [0.29, 0.717) is 6.42 Å². The number of hydrogen-bond acceptors (Lipinski definition) is 4. The molecule has 0 bridgehead atoms. The van der Waals surface area contributed by atoms with Gasteiger partial charge in [0.2, 0.25) is 11.8 Å². The molecule has 6 N–H and O–H groups in total. The Bertz CT molecular complexity index is 230. The molecule has 1 aliphatic carbocycles. The minimum atomic E-state index is -0.668. The molecule has 0 aromatic rings. The zero-order valence-corrected chi connectivity index (χ0v) is 6.76. The van der Waals surface area contributed by atoms with Crippen LogP contribution < -0.4 is 22.5 Å². The van der Waals surface area contributed by atoms with Crippen molar-refractivity contribution < 1.29 is 9.59 Å². The molecule has 1 aliphatic rings. The Balaban J connectivity index is 2.59. The van der Waals surface area contributed by atoms with Gasteiger partial charge in [-0.05, 0) is 13.3 Å². The van der Waals surface area contributed by atoms with Crippen LogP contribution in [0.5, 0.6) is 0 Å². The molecule has 0 aromatic heterocycles. The van der Waals surface area contributed by atoms with Crippen LogP contribution in [0.2, 0.25) is 0 Å². The van der Waals surface area contributed by atoms with E-state index in [9.17, 15) is 9.59 Å². The van der Waals surface area contributed by atoms with Gasteiger partial charge >= 0.3 is 0 Å². The van der Waals surface area contributed by atoms with Crippen LogP contribution in [0, 0.1) is 11.3 Å². The van der Waals surface area contributed by atoms with Gasteiger partial charge in [0.15, 0.2) is 0 Å². The largest absolute Gasteiger partial charge is 0.294 e. The second kappa shape index (κ2) is 2.72. The molecule has 0 aliphatic heterocycles. The van der Waals surface area contributed by atoms with E-state index in [1.54, 1.807) is 6.92 Å². The first-order valence-corrected chi connectivity index (χ1v) is 3.57. The molecule has 12 heavy (non-hydrogen) atoms. The second-order valence-electron chi connectivity index (χ2n) is 3.16. The van der Waals surface area contributed by atoms with E-state index in [4.69, 9.17) is 11.7 Å². The minimum Gasteiger partial charge on any atom is -0.294 e. The normalized spacial score (nSPS) is 32.4. The van der Waals surface area contributed by atoms with Crippen molar-refractivity contribution in [3.05, 3.63) is 0 Å². The molecule has 2 atom stereocenters. The number of carbonyl (C=O) groups is 2. The molecule has 6 heteroatoms. The molecular weight excluding hydrogens is 160 g/mol. The van der Waals surface area contributed by atoms with Gasteiger partial charge in [0.05, 0.1) is 11.3 Å². The molecule has 0 radical (unpaired) electrons. The number of hydrogen-bond donors (Lipinski definition) is 4. The fourth-order valence-electron chi connectivity index (χ4n) is 1.26. The van der Waals surface area contributed by atoms with Crippen molar-refractivity contribution in [2.45, 2.75) is 13.3 Å². The lowest BCUT2D eigenvalue weighted by molar-refractivity contribution is -0.130. The molecule has 1 fully saturated rings. The number of nitrogens with two attached hydrogens (primary N) is 2. The highest BCUT2D eigenvalue weighted by Crippen LogP contribution is 2.52. The summed E-state index contributed by atoms with van der Waals surface area (Å²) in [5, 5.41) is 0. The molecule has 0 unspecified atom stereocenters. The van der Waals surface area contributed by atoms with Crippen molar-refractivity contribution in [1.82, 2.24) is 10.9 Å². The van der Waals surface area contributed by atoms with Gasteiger partial charge in [0, 0.05) is 0 Å². The van der Waals surface area contributed by atoms with Gasteiger partial charge in [-0.2, -0.15) is 0 Å². The number of carbonyl (C=O) groups excluding carboxylic acids is 2. The van der Waals surface area contributed by atoms with Crippen molar-refractivity contribution in [2.75, 3.05) is 0 Å². The highest BCUT2D eigenvalue weighted by Gasteiger charge is 2.59. The zero-order chi connectivity index (χ0) is 9.35. The first-order chi connectivity index (χ1) is 5.56. The smallest absolute Gasteiger partial charge is 0.240 e. The van der Waals surface area contributed by atoms with Crippen LogP contribution in [0.1, 0.15) is 13.3 Å². The lowest BCUT2D eigenvalue weighted by Crippen LogP contribution is -2.40. The summed E-state index contributed by atoms with van der Waals surface area (Å²) in [5.74, 6) is 8.87. The maximum Gasteiger partial charge on any atom is 0.240 e. The van der Waals surface area contributed by atoms with Crippen molar-refractivity contribution in [2.24, 2.45) is 23.0 Å². The van der Waals surface area contributed by atoms with Gasteiger partial charge < -0.3 is 0 Å². The molecule has 1 rings (SSSR count). The zero-order valence-electron chi connectivity index (χ0n) is 6.76. The van der Waals surface area contributed by atoms with E-state index in [1.165, 1.54) is 0 Å². The van der Waals surface area contributed by atoms with E-state index in [2.05, 4.69) is 0 Å². The van der Waals surface area contributed by atoms with Crippen LogP contribution in [-0.4, -0.2) is 11.8 Å². The molecular formula is C6H12N4O2. The van der Waals surface area contributed by atoms with Gasteiger partial charge in [-0.3, -0.25) is 20.4 Å². The topological polar surface area (TPSA) is 110 Å². The second-order valence-corrected chi connectivity index (χ2v) is 3.16. The molecule has 0 aromatic carbocycles. The third kappa shape index (κ3) is 1.15. The standard InChI is InChI=1S/C6H12N4O2/c1-6(5(12)10-8)2-3(6)4(11)9-7/h3H,2,7-8H2,1H3,(H,9,11)(H,10,12)/t3-,6+/m1/s1. The molecule has 2 amide bonds. The van der Waals surface area contributed by atoms with Crippen molar-refractivity contribution >= 4 is 11.8 Å². The fourth-order valence-corrected chi connectivity index (χ4v) is 1.26. The minimum absolute atomic E-state index is 0.318. The van der Waals surface area contributed by atoms with Crippen LogP contribution in [0.25, 0.3) is 0 Å². The summed E-state index contributed by atoms with van der Waals surface area (Å²) in [4.78, 5) is 22.0. The molecule has 0 spiro atoms. The van der Waals surface area contributed by atoms with E-state index in [0.717, 1.165) is 0 Å². The maximum atomic E-state index is 11.1. The van der Waals surface area contributed by atoms with Crippen LogP contribution in [0.3, 0.4) is 0 Å². The highest BCUT2D eigenvalue weighted by atomic mass is 16.2. The monoisotopic (exact) mass is 172 g/mol. The molecule has 6 nitrogen and oxygen atoms in total. The average molecular weight is 172 g/mol. The number of rotatable bonds is 2. The first-order valence-electron chi connectivity index (χ1n) is 3.57. The summed E-state index contributed by atoms with van der Waals surface area (Å²) in [5.41, 5.74) is 3.35. The fraction of sp³-hybridized carbons (Fsp3) is 0.667. The first kappa shape index (κ1) is 8.95. The summed E-state index contributed by atoms with van der Waals surface area (Å²) >= 11 is 0. The maximum absolute atomic E-state index is 11.1. The summed E-state index contributed by atoms with van der Waals surface area (Å²) in [6.45, 7) is 1.68. The quantitative estimate of drug-likeness (QED) is 0.219. The molecule has 0 heterocycles. The summed E-state index contributed by atoms with van der Waals surface area (Å²) in [7, 11) is 0. The van der Waals surface area contributed by atoms with E-state index < -0.39 is 5.41 Å². The van der Waals surface area contributed by atoms with Gasteiger partial charge in [-0.15, -0.1) is 0 Å². The Morgan fingerprint density at radius 2 is 2.00 bits per heavy atom. The van der Waals surface area contributed by atoms with Gasteiger partial charge in [-0.1, -0.05) is 0 Å². The number of amides is 2. The lowest BCUT2D eigenvalue weighted by atomic mass is 10.1. The van der Waals surface area contributed by atoms with Gasteiger partial charge in [0.25, 0.3) is 0 Å². The van der Waals surface area contributed by atoms with Crippen molar-refractivity contribution in [1.29, 1.82) is 0 Å². The Labute approximate surface area is 69.6 Å². The van der Waals surface area contributed by atoms with Crippen LogP contribution in [0.15, 0.2) is 0 Å². The Morgan fingerprint density at radius 3 is 2.42 bits per heavy atom. The van der Waals surface area contributed by atoms with E-state index in [1.807, 2.05) is 10.9 Å². The van der Waals surface area contributed by atoms with Crippen LogP contribution >= 0.6 is 0 Å². The van der Waals surface area contributed by atoms with Crippen LogP contribution in [-0.2, 0) is 9.59 Å². The lowest BCUT2D eigenvalue weighted by Gasteiger charge is -2.07. The highest BCUT2D eigenvalue weighted by molar-refractivity contribution is 5.95. The Morgan fingerprint density at radius 1 is 1.42 bits per heavy atom. The molecule has 68 valence electrons. The van der Waals surface area contributed by atoms with Gasteiger partial charge in [-0.25, -0.2) is 11.7 Å².